The molecule has 3 rings (SSSR count). The number of benzene rings is 3. The highest BCUT2D eigenvalue weighted by atomic mass is 16.5. The number of aryl methyl sites for hydroxylation is 1. The fourth-order valence-electron chi connectivity index (χ4n) is 3.98. The van der Waals surface area contributed by atoms with E-state index in [9.17, 15) is 14.4 Å². The maximum Gasteiger partial charge on any atom is 0.329 e. The number of ketones is 1. The van der Waals surface area contributed by atoms with Crippen LogP contribution in [0.25, 0.3) is 0 Å². The quantitative estimate of drug-likeness (QED) is 0.174. The van der Waals surface area contributed by atoms with Crippen LogP contribution in [0.2, 0.25) is 0 Å². The summed E-state index contributed by atoms with van der Waals surface area (Å²) in [5.41, 5.74) is 3.03. The van der Waals surface area contributed by atoms with Gasteiger partial charge < -0.3 is 10.1 Å². The van der Waals surface area contributed by atoms with Gasteiger partial charge in [0.05, 0.1) is 0 Å². The van der Waals surface area contributed by atoms with E-state index in [0.29, 0.717) is 11.1 Å². The lowest BCUT2D eigenvalue weighted by molar-refractivity contribution is -0.144. The lowest BCUT2D eigenvalue weighted by atomic mass is 10.0. The number of carbonyl (C=O) groups is 3. The van der Waals surface area contributed by atoms with Crippen LogP contribution in [-0.2, 0) is 22.4 Å². The molecule has 0 unspecified atom stereocenters. The van der Waals surface area contributed by atoms with Crippen molar-refractivity contribution in [1.82, 2.24) is 5.32 Å². The van der Waals surface area contributed by atoms with Gasteiger partial charge in [-0.15, -0.1) is 0 Å². The number of rotatable bonds is 14. The van der Waals surface area contributed by atoms with E-state index < -0.39 is 12.0 Å². The first-order valence-electron chi connectivity index (χ1n) is 12.8. The number of unbranched alkanes of at least 4 members (excludes halogenated alkanes) is 4. The summed E-state index contributed by atoms with van der Waals surface area (Å²) >= 11 is 0. The zero-order chi connectivity index (χ0) is 25.6. The van der Waals surface area contributed by atoms with Crippen molar-refractivity contribution >= 4 is 17.7 Å². The molecule has 0 aliphatic carbocycles. The second-order valence-electron chi connectivity index (χ2n) is 8.97. The van der Waals surface area contributed by atoms with Crippen LogP contribution in [0.15, 0.2) is 84.9 Å². The number of Topliss-reactive ketones (excluding diaryl/α,β-unsaturated/α-hetero) is 1. The van der Waals surface area contributed by atoms with Crippen LogP contribution in [0.1, 0.15) is 70.9 Å². The summed E-state index contributed by atoms with van der Waals surface area (Å²) in [7, 11) is 0. The Hall–Kier alpha value is -3.73. The Balaban J connectivity index is 1.56. The summed E-state index contributed by atoms with van der Waals surface area (Å²) in [5.74, 6) is -1.28. The van der Waals surface area contributed by atoms with E-state index in [2.05, 4.69) is 12.2 Å². The molecule has 0 aliphatic heterocycles. The van der Waals surface area contributed by atoms with Crippen molar-refractivity contribution in [2.75, 3.05) is 6.61 Å². The largest absolute Gasteiger partial charge is 0.456 e. The highest BCUT2D eigenvalue weighted by Crippen LogP contribution is 2.12. The van der Waals surface area contributed by atoms with Crippen LogP contribution in [0.4, 0.5) is 0 Å². The number of amides is 1. The molecule has 188 valence electrons. The molecule has 0 bridgehead atoms. The van der Waals surface area contributed by atoms with Crippen molar-refractivity contribution in [1.29, 1.82) is 0 Å². The fourth-order valence-corrected chi connectivity index (χ4v) is 3.98. The van der Waals surface area contributed by atoms with Crippen LogP contribution in [0.5, 0.6) is 0 Å². The van der Waals surface area contributed by atoms with E-state index in [-0.39, 0.29) is 24.7 Å². The molecule has 0 aliphatic rings. The molecule has 5 heteroatoms. The number of hydrogen-bond donors (Lipinski definition) is 1. The highest BCUT2D eigenvalue weighted by Gasteiger charge is 2.24. The van der Waals surface area contributed by atoms with E-state index in [4.69, 9.17) is 4.74 Å². The summed E-state index contributed by atoms with van der Waals surface area (Å²) in [6, 6.07) is 24.7. The second kappa shape index (κ2) is 14.6. The molecular weight excluding hydrogens is 450 g/mol. The third kappa shape index (κ3) is 8.81. The van der Waals surface area contributed by atoms with Crippen LogP contribution < -0.4 is 5.32 Å². The van der Waals surface area contributed by atoms with E-state index >= 15 is 0 Å². The van der Waals surface area contributed by atoms with Crippen LogP contribution in [-0.4, -0.2) is 30.3 Å². The van der Waals surface area contributed by atoms with E-state index in [1.165, 1.54) is 31.2 Å². The molecule has 1 amide bonds. The molecule has 3 aromatic carbocycles. The Labute approximate surface area is 213 Å². The van der Waals surface area contributed by atoms with Gasteiger partial charge in [0.1, 0.15) is 6.04 Å². The maximum atomic E-state index is 12.9. The van der Waals surface area contributed by atoms with Gasteiger partial charge in [-0.2, -0.15) is 0 Å². The molecule has 0 spiro atoms. The van der Waals surface area contributed by atoms with Gasteiger partial charge in [0.25, 0.3) is 5.91 Å². The van der Waals surface area contributed by atoms with Crippen molar-refractivity contribution in [3.8, 4) is 0 Å². The standard InChI is InChI=1S/C31H35NO4/c1-2-3-4-5-8-13-24-18-20-26(21-19-24)29(33)23-36-31(35)28(22-25-14-9-6-10-15-25)32-30(34)27-16-11-7-12-17-27/h6-7,9-12,14-21,28H,2-5,8,13,22-23H2,1H3,(H,32,34)/t28-/m0/s1. The monoisotopic (exact) mass is 485 g/mol. The van der Waals surface area contributed by atoms with Gasteiger partial charge in [-0.05, 0) is 36.1 Å². The third-order valence-corrected chi connectivity index (χ3v) is 6.10. The number of ether oxygens (including phenoxy) is 1. The fraction of sp³-hybridized carbons (Fsp3) is 0.323. The molecule has 0 saturated carbocycles. The van der Waals surface area contributed by atoms with Crippen molar-refractivity contribution in [3.05, 3.63) is 107 Å². The topological polar surface area (TPSA) is 72.5 Å². The van der Waals surface area contributed by atoms with Crippen LogP contribution in [0.3, 0.4) is 0 Å². The number of carbonyl (C=O) groups excluding carboxylic acids is 3. The van der Waals surface area contributed by atoms with E-state index in [0.717, 1.165) is 18.4 Å². The summed E-state index contributed by atoms with van der Waals surface area (Å²) in [4.78, 5) is 38.2. The number of nitrogens with one attached hydrogen (secondary N) is 1. The Morgan fingerprint density at radius 2 is 1.36 bits per heavy atom. The average molecular weight is 486 g/mol. The summed E-state index contributed by atoms with van der Waals surface area (Å²) in [6.07, 6.45) is 7.38. The predicted octanol–water partition coefficient (Wildman–Crippen LogP) is 5.97. The lowest BCUT2D eigenvalue weighted by Gasteiger charge is -2.18. The second-order valence-corrected chi connectivity index (χ2v) is 8.97. The van der Waals surface area contributed by atoms with Gasteiger partial charge in [0, 0.05) is 17.5 Å². The SMILES string of the molecule is CCCCCCCc1ccc(C(=O)COC(=O)[C@H](Cc2ccccc2)NC(=O)c2ccccc2)cc1. The normalized spacial score (nSPS) is 11.5. The average Bonchev–Trinajstić information content (AvgIpc) is 2.92. The van der Waals surface area contributed by atoms with Crippen molar-refractivity contribution < 1.29 is 19.1 Å². The van der Waals surface area contributed by atoms with Crippen LogP contribution >= 0.6 is 0 Å². The van der Waals surface area contributed by atoms with Crippen molar-refractivity contribution in [3.63, 3.8) is 0 Å². The van der Waals surface area contributed by atoms with Gasteiger partial charge in [-0.3, -0.25) is 9.59 Å². The van der Waals surface area contributed by atoms with Gasteiger partial charge >= 0.3 is 5.97 Å². The van der Waals surface area contributed by atoms with Crippen LogP contribution in [0, 0.1) is 0 Å². The summed E-state index contributed by atoms with van der Waals surface area (Å²) < 4.78 is 5.36. The molecule has 36 heavy (non-hydrogen) atoms. The molecule has 5 nitrogen and oxygen atoms in total. The van der Waals surface area contributed by atoms with Crippen molar-refractivity contribution in [2.45, 2.75) is 57.9 Å². The Kier molecular flexibility index (Phi) is 10.9. The van der Waals surface area contributed by atoms with E-state index in [1.54, 1.807) is 36.4 Å². The van der Waals surface area contributed by atoms with Crippen molar-refractivity contribution in [2.24, 2.45) is 0 Å². The summed E-state index contributed by atoms with van der Waals surface area (Å²) in [5, 5.41) is 2.76. The predicted molar refractivity (Wildman–Crippen MR) is 142 cm³/mol. The Morgan fingerprint density at radius 3 is 2.03 bits per heavy atom. The number of hydrogen-bond acceptors (Lipinski definition) is 4. The molecule has 1 N–H and O–H groups in total. The highest BCUT2D eigenvalue weighted by molar-refractivity contribution is 5.99. The first-order valence-corrected chi connectivity index (χ1v) is 12.8. The first kappa shape index (κ1) is 26.9. The minimum atomic E-state index is -0.914. The maximum absolute atomic E-state index is 12.9. The lowest BCUT2D eigenvalue weighted by Crippen LogP contribution is -2.43. The molecule has 0 heterocycles. The molecule has 0 fully saturated rings. The summed E-state index contributed by atoms with van der Waals surface area (Å²) in [6.45, 7) is 1.83. The molecule has 0 aromatic heterocycles. The third-order valence-electron chi connectivity index (χ3n) is 6.10. The van der Waals surface area contributed by atoms with Gasteiger partial charge in [0.15, 0.2) is 12.4 Å². The minimum absolute atomic E-state index is 0.263. The van der Waals surface area contributed by atoms with Gasteiger partial charge in [-0.1, -0.05) is 105 Å². The Morgan fingerprint density at radius 1 is 0.722 bits per heavy atom. The molecule has 0 radical (unpaired) electrons. The molecule has 1 atom stereocenters. The first-order chi connectivity index (χ1) is 17.6. The minimum Gasteiger partial charge on any atom is -0.456 e. The molecule has 3 aromatic rings. The molecular formula is C31H35NO4. The number of esters is 1. The van der Waals surface area contributed by atoms with Gasteiger partial charge in [-0.25, -0.2) is 4.79 Å². The Bertz CT molecular complexity index is 1090. The zero-order valence-electron chi connectivity index (χ0n) is 21.0. The molecule has 0 saturated heterocycles. The van der Waals surface area contributed by atoms with E-state index in [1.807, 2.05) is 48.5 Å². The smallest absolute Gasteiger partial charge is 0.329 e. The van der Waals surface area contributed by atoms with Gasteiger partial charge in [0.2, 0.25) is 0 Å². The zero-order valence-corrected chi connectivity index (χ0v) is 21.0.